The van der Waals surface area contributed by atoms with Crippen molar-refractivity contribution in [3.63, 3.8) is 0 Å². The number of carbonyl (C=O) groups is 1. The molecule has 1 amide bonds. The van der Waals surface area contributed by atoms with E-state index < -0.39 is 0 Å². The molecule has 2 rings (SSSR count). The van der Waals surface area contributed by atoms with E-state index in [0.29, 0.717) is 0 Å². The monoisotopic (exact) mass is 397 g/mol. The summed E-state index contributed by atoms with van der Waals surface area (Å²) in [5.74, 6) is -0.119. The van der Waals surface area contributed by atoms with Crippen LogP contribution >= 0.6 is 58.2 Å². The highest BCUT2D eigenvalue weighted by atomic mass is 35.5. The van der Waals surface area contributed by atoms with Crippen LogP contribution in [0.4, 0.5) is 5.69 Å². The Balaban J connectivity index is 2.07. The first-order valence-corrected chi connectivity index (χ1v) is 8.70. The summed E-state index contributed by atoms with van der Waals surface area (Å²) in [6.07, 6.45) is 3.54. The van der Waals surface area contributed by atoms with Crippen molar-refractivity contribution in [3.8, 4) is 0 Å². The second-order valence-corrected chi connectivity index (χ2v) is 6.69. The van der Waals surface area contributed by atoms with E-state index in [4.69, 9.17) is 46.4 Å². The van der Waals surface area contributed by atoms with Crippen LogP contribution in [0.15, 0.2) is 23.6 Å². The molecule has 0 atom stereocenters. The van der Waals surface area contributed by atoms with Crippen LogP contribution < -0.4 is 5.32 Å². The van der Waals surface area contributed by atoms with Crippen molar-refractivity contribution in [2.45, 2.75) is 18.6 Å². The highest BCUT2D eigenvalue weighted by Crippen LogP contribution is 2.41. The van der Waals surface area contributed by atoms with Crippen molar-refractivity contribution in [1.82, 2.24) is 9.55 Å². The van der Waals surface area contributed by atoms with E-state index in [2.05, 4.69) is 10.3 Å². The Morgan fingerprint density at radius 2 is 1.91 bits per heavy atom. The van der Waals surface area contributed by atoms with Gasteiger partial charge in [-0.3, -0.25) is 4.79 Å². The molecule has 1 aromatic carbocycles. The third kappa shape index (κ3) is 4.03. The zero-order valence-electron chi connectivity index (χ0n) is 11.4. The first kappa shape index (κ1) is 17.8. The highest BCUT2D eigenvalue weighted by Gasteiger charge is 2.16. The fourth-order valence-electron chi connectivity index (χ4n) is 1.66. The van der Waals surface area contributed by atoms with Crippen LogP contribution in [0.1, 0.15) is 6.92 Å². The van der Waals surface area contributed by atoms with Crippen molar-refractivity contribution >= 4 is 69.8 Å². The number of benzene rings is 1. The molecule has 1 heterocycles. The lowest BCUT2D eigenvalue weighted by atomic mass is 10.3. The average Bonchev–Trinajstić information content (AvgIpc) is 2.95. The molecule has 0 radical (unpaired) electrons. The number of thioether (sulfide) groups is 1. The molecular weight excluding hydrogens is 388 g/mol. The van der Waals surface area contributed by atoms with E-state index in [0.717, 1.165) is 11.7 Å². The smallest absolute Gasteiger partial charge is 0.234 e. The maximum Gasteiger partial charge on any atom is 0.234 e. The van der Waals surface area contributed by atoms with Gasteiger partial charge in [0.25, 0.3) is 0 Å². The van der Waals surface area contributed by atoms with Crippen LogP contribution in [0.3, 0.4) is 0 Å². The largest absolute Gasteiger partial charge is 0.326 e. The third-order valence-electron chi connectivity index (χ3n) is 2.73. The molecule has 0 bridgehead atoms. The molecule has 4 nitrogen and oxygen atoms in total. The number of imidazole rings is 1. The Morgan fingerprint density at radius 1 is 1.27 bits per heavy atom. The maximum atomic E-state index is 12.1. The van der Waals surface area contributed by atoms with Gasteiger partial charge in [0.15, 0.2) is 5.16 Å². The molecular formula is C13H11Cl4N3OS. The first-order chi connectivity index (χ1) is 10.4. The summed E-state index contributed by atoms with van der Waals surface area (Å²) >= 11 is 25.3. The van der Waals surface area contributed by atoms with Gasteiger partial charge in [-0.25, -0.2) is 4.98 Å². The molecule has 22 heavy (non-hydrogen) atoms. The standard InChI is InChI=1S/C13H11Cl4N3OS/c1-2-20-4-3-18-13(20)22-6-9(21)19-12-10(16)7(14)5-8(15)11(12)17/h3-5H,2,6H2,1H3,(H,19,21). The molecule has 0 saturated carbocycles. The summed E-state index contributed by atoms with van der Waals surface area (Å²) in [4.78, 5) is 16.2. The van der Waals surface area contributed by atoms with E-state index in [1.165, 1.54) is 17.8 Å². The number of aromatic nitrogens is 2. The molecule has 0 saturated heterocycles. The van der Waals surface area contributed by atoms with Crippen molar-refractivity contribution in [2.24, 2.45) is 0 Å². The van der Waals surface area contributed by atoms with Gasteiger partial charge in [-0.1, -0.05) is 58.2 Å². The highest BCUT2D eigenvalue weighted by molar-refractivity contribution is 7.99. The van der Waals surface area contributed by atoms with Crippen molar-refractivity contribution in [2.75, 3.05) is 11.1 Å². The molecule has 0 aliphatic carbocycles. The number of amides is 1. The van der Waals surface area contributed by atoms with Gasteiger partial charge in [-0.05, 0) is 13.0 Å². The quantitative estimate of drug-likeness (QED) is 0.552. The summed E-state index contributed by atoms with van der Waals surface area (Å²) in [7, 11) is 0. The van der Waals surface area contributed by atoms with Gasteiger partial charge >= 0.3 is 0 Å². The number of nitrogens with zero attached hydrogens (tertiary/aromatic N) is 2. The van der Waals surface area contributed by atoms with E-state index in [9.17, 15) is 4.79 Å². The van der Waals surface area contributed by atoms with Crippen LogP contribution in [-0.2, 0) is 11.3 Å². The predicted octanol–water partition coefficient (Wildman–Crippen LogP) is 5.25. The average molecular weight is 399 g/mol. The van der Waals surface area contributed by atoms with Crippen LogP contribution in [0, 0.1) is 0 Å². The number of hydrogen-bond donors (Lipinski definition) is 1. The summed E-state index contributed by atoms with van der Waals surface area (Å²) in [6, 6.07) is 1.43. The van der Waals surface area contributed by atoms with Gasteiger partial charge in [0.05, 0.1) is 31.5 Å². The lowest BCUT2D eigenvalue weighted by molar-refractivity contribution is -0.113. The topological polar surface area (TPSA) is 46.9 Å². The molecule has 0 spiro atoms. The fraction of sp³-hybridized carbons (Fsp3) is 0.231. The minimum absolute atomic E-state index is 0.157. The van der Waals surface area contributed by atoms with Crippen LogP contribution in [0.5, 0.6) is 0 Å². The maximum absolute atomic E-state index is 12.1. The van der Waals surface area contributed by atoms with E-state index >= 15 is 0 Å². The lowest BCUT2D eigenvalue weighted by Gasteiger charge is -2.11. The number of hydrogen-bond acceptors (Lipinski definition) is 3. The van der Waals surface area contributed by atoms with Crippen molar-refractivity contribution in [1.29, 1.82) is 0 Å². The molecule has 0 fully saturated rings. The van der Waals surface area contributed by atoms with Crippen LogP contribution in [0.25, 0.3) is 0 Å². The molecule has 0 unspecified atom stereocenters. The number of aryl methyl sites for hydroxylation is 1. The van der Waals surface area contributed by atoms with Crippen molar-refractivity contribution < 1.29 is 4.79 Å². The Kier molecular flexibility index (Phi) is 6.29. The third-order valence-corrected chi connectivity index (χ3v) is 5.31. The fourth-order valence-corrected chi connectivity index (χ4v) is 3.39. The summed E-state index contributed by atoms with van der Waals surface area (Å²) in [5.41, 5.74) is 0.213. The Labute approximate surface area is 152 Å². The van der Waals surface area contributed by atoms with Gasteiger partial charge in [0.1, 0.15) is 0 Å². The molecule has 1 aromatic heterocycles. The molecule has 9 heteroatoms. The predicted molar refractivity (Wildman–Crippen MR) is 93.7 cm³/mol. The summed E-state index contributed by atoms with van der Waals surface area (Å²) in [6.45, 7) is 2.78. The second kappa shape index (κ2) is 7.79. The van der Waals surface area contributed by atoms with Crippen LogP contribution in [-0.4, -0.2) is 21.2 Å². The minimum Gasteiger partial charge on any atom is -0.326 e. The van der Waals surface area contributed by atoms with E-state index in [1.807, 2.05) is 17.7 Å². The zero-order chi connectivity index (χ0) is 16.3. The summed E-state index contributed by atoms with van der Waals surface area (Å²) < 4.78 is 1.94. The van der Waals surface area contributed by atoms with E-state index in [1.54, 1.807) is 6.20 Å². The number of anilines is 1. The van der Waals surface area contributed by atoms with Crippen LogP contribution in [0.2, 0.25) is 20.1 Å². The van der Waals surface area contributed by atoms with Gasteiger partial charge in [-0.2, -0.15) is 0 Å². The van der Waals surface area contributed by atoms with E-state index in [-0.39, 0.29) is 37.4 Å². The zero-order valence-corrected chi connectivity index (χ0v) is 15.2. The number of carbonyl (C=O) groups excluding carboxylic acids is 1. The molecule has 0 aliphatic rings. The number of halogens is 4. The van der Waals surface area contributed by atoms with Gasteiger partial charge in [0.2, 0.25) is 5.91 Å². The SMILES string of the molecule is CCn1ccnc1SCC(=O)Nc1c(Cl)c(Cl)cc(Cl)c1Cl. The number of nitrogens with one attached hydrogen (secondary N) is 1. The molecule has 0 aliphatic heterocycles. The first-order valence-electron chi connectivity index (χ1n) is 6.20. The Bertz CT molecular complexity index is 679. The summed E-state index contributed by atoms with van der Waals surface area (Å²) in [5, 5.41) is 4.15. The van der Waals surface area contributed by atoms with Gasteiger partial charge in [0, 0.05) is 18.9 Å². The Morgan fingerprint density at radius 3 is 2.50 bits per heavy atom. The lowest BCUT2D eigenvalue weighted by Crippen LogP contribution is -2.15. The molecule has 2 aromatic rings. The Hall–Kier alpha value is -0.590. The van der Waals surface area contributed by atoms with Gasteiger partial charge < -0.3 is 9.88 Å². The normalized spacial score (nSPS) is 10.8. The van der Waals surface area contributed by atoms with Gasteiger partial charge in [-0.15, -0.1) is 0 Å². The van der Waals surface area contributed by atoms with Crippen molar-refractivity contribution in [3.05, 3.63) is 38.6 Å². The number of rotatable bonds is 5. The molecule has 118 valence electrons. The molecule has 1 N–H and O–H groups in total. The second-order valence-electron chi connectivity index (χ2n) is 4.18. The minimum atomic E-state index is -0.280.